The summed E-state index contributed by atoms with van der Waals surface area (Å²) in [5.41, 5.74) is -0.645. The van der Waals surface area contributed by atoms with Crippen molar-refractivity contribution in [2.75, 3.05) is 5.32 Å². The molecule has 6 nitrogen and oxygen atoms in total. The standard InChI is InChI=1S/C9H13N3O3S/c1-9(2,3)6(8(14)15)7(13)11-5-4-10-12-16-5/h4,6H,1-3H3,(H,11,13)(H,14,15). The molecule has 1 heterocycles. The monoisotopic (exact) mass is 243 g/mol. The molecule has 0 aliphatic rings. The van der Waals surface area contributed by atoms with E-state index in [1.807, 2.05) is 0 Å². The molecule has 1 aromatic heterocycles. The lowest BCUT2D eigenvalue weighted by atomic mass is 9.80. The van der Waals surface area contributed by atoms with Crippen LogP contribution in [0.1, 0.15) is 20.8 Å². The minimum absolute atomic E-state index is 0.445. The van der Waals surface area contributed by atoms with Gasteiger partial charge in [-0.25, -0.2) is 0 Å². The molecular weight excluding hydrogens is 230 g/mol. The first kappa shape index (κ1) is 12.6. The second-order valence-electron chi connectivity index (χ2n) is 4.41. The van der Waals surface area contributed by atoms with Crippen molar-refractivity contribution in [2.24, 2.45) is 11.3 Å². The lowest BCUT2D eigenvalue weighted by Gasteiger charge is -2.25. The highest BCUT2D eigenvalue weighted by Crippen LogP contribution is 2.27. The number of carboxylic acid groups (broad SMARTS) is 1. The first-order valence-corrected chi connectivity index (χ1v) is 5.40. The summed E-state index contributed by atoms with van der Waals surface area (Å²) in [5, 5.41) is 15.5. The van der Waals surface area contributed by atoms with Crippen molar-refractivity contribution in [3.05, 3.63) is 6.20 Å². The fourth-order valence-corrected chi connectivity index (χ4v) is 1.71. The number of carbonyl (C=O) groups excluding carboxylic acids is 1. The van der Waals surface area contributed by atoms with Gasteiger partial charge in [0.2, 0.25) is 5.91 Å². The summed E-state index contributed by atoms with van der Waals surface area (Å²) in [4.78, 5) is 22.8. The summed E-state index contributed by atoms with van der Waals surface area (Å²) in [5.74, 6) is -2.79. The topological polar surface area (TPSA) is 92.2 Å². The van der Waals surface area contributed by atoms with E-state index in [1.165, 1.54) is 6.20 Å². The fraction of sp³-hybridized carbons (Fsp3) is 0.556. The van der Waals surface area contributed by atoms with Gasteiger partial charge in [-0.3, -0.25) is 9.59 Å². The molecule has 88 valence electrons. The van der Waals surface area contributed by atoms with Crippen LogP contribution in [0.4, 0.5) is 5.00 Å². The number of hydrogen-bond donors (Lipinski definition) is 2. The van der Waals surface area contributed by atoms with Crippen molar-refractivity contribution >= 4 is 28.4 Å². The minimum Gasteiger partial charge on any atom is -0.481 e. The van der Waals surface area contributed by atoms with Crippen molar-refractivity contribution in [1.82, 2.24) is 9.59 Å². The second-order valence-corrected chi connectivity index (χ2v) is 5.19. The Labute approximate surface area is 96.8 Å². The average molecular weight is 243 g/mol. The number of amides is 1. The van der Waals surface area contributed by atoms with E-state index in [4.69, 9.17) is 5.11 Å². The highest BCUT2D eigenvalue weighted by atomic mass is 32.1. The number of nitrogens with one attached hydrogen (secondary N) is 1. The second kappa shape index (κ2) is 4.56. The molecule has 0 spiro atoms. The van der Waals surface area contributed by atoms with Crippen molar-refractivity contribution < 1.29 is 14.7 Å². The number of aliphatic carboxylic acids is 1. The number of carboxylic acids is 1. The molecule has 1 unspecified atom stereocenters. The van der Waals surface area contributed by atoms with Crippen LogP contribution in [0.3, 0.4) is 0 Å². The highest BCUT2D eigenvalue weighted by Gasteiger charge is 2.37. The van der Waals surface area contributed by atoms with Gasteiger partial charge in [0.15, 0.2) is 0 Å². The van der Waals surface area contributed by atoms with Gasteiger partial charge in [0, 0.05) is 11.5 Å². The summed E-state index contributed by atoms with van der Waals surface area (Å²) in [7, 11) is 0. The lowest BCUT2D eigenvalue weighted by molar-refractivity contribution is -0.149. The molecule has 1 amide bonds. The minimum atomic E-state index is -1.14. The van der Waals surface area contributed by atoms with E-state index in [2.05, 4.69) is 14.9 Å². The lowest BCUT2D eigenvalue weighted by Crippen LogP contribution is -2.38. The molecule has 7 heteroatoms. The predicted molar refractivity (Wildman–Crippen MR) is 59.1 cm³/mol. The number of anilines is 1. The Kier molecular flexibility index (Phi) is 3.58. The number of nitrogens with zero attached hydrogens (tertiary/aromatic N) is 2. The predicted octanol–water partition coefficient (Wildman–Crippen LogP) is 1.22. The van der Waals surface area contributed by atoms with Crippen LogP contribution in [0, 0.1) is 11.3 Å². The quantitative estimate of drug-likeness (QED) is 0.779. The molecule has 1 atom stereocenters. The van der Waals surface area contributed by atoms with Gasteiger partial charge in [0.05, 0.1) is 6.20 Å². The van der Waals surface area contributed by atoms with E-state index < -0.39 is 23.2 Å². The SMILES string of the molecule is CC(C)(C)C(C(=O)O)C(=O)Nc1cnns1. The Morgan fingerprint density at radius 3 is 2.50 bits per heavy atom. The molecule has 0 aliphatic carbocycles. The normalized spacial score (nSPS) is 13.2. The first-order valence-electron chi connectivity index (χ1n) is 4.63. The van der Waals surface area contributed by atoms with Crippen LogP contribution < -0.4 is 5.32 Å². The number of carbonyl (C=O) groups is 2. The van der Waals surface area contributed by atoms with Gasteiger partial charge in [-0.05, 0) is 5.41 Å². The van der Waals surface area contributed by atoms with Gasteiger partial charge < -0.3 is 10.4 Å². The average Bonchev–Trinajstić information content (AvgIpc) is 2.52. The third kappa shape index (κ3) is 2.99. The maximum Gasteiger partial charge on any atom is 0.316 e. The summed E-state index contributed by atoms with van der Waals surface area (Å²) in [6, 6.07) is 0. The third-order valence-corrected chi connectivity index (χ3v) is 2.56. The van der Waals surface area contributed by atoms with Crippen molar-refractivity contribution in [1.29, 1.82) is 0 Å². The smallest absolute Gasteiger partial charge is 0.316 e. The Hall–Kier alpha value is -1.50. The van der Waals surface area contributed by atoms with Gasteiger partial charge in [-0.2, -0.15) is 0 Å². The van der Waals surface area contributed by atoms with Crippen molar-refractivity contribution in [3.8, 4) is 0 Å². The van der Waals surface area contributed by atoms with Crippen LogP contribution in [-0.2, 0) is 9.59 Å². The molecule has 0 saturated heterocycles. The van der Waals surface area contributed by atoms with Crippen LogP contribution in [-0.4, -0.2) is 26.6 Å². The summed E-state index contributed by atoms with van der Waals surface area (Å²) >= 11 is 1.01. The molecule has 0 bridgehead atoms. The Balaban J connectivity index is 2.81. The highest BCUT2D eigenvalue weighted by molar-refractivity contribution is 7.10. The van der Waals surface area contributed by atoms with E-state index in [1.54, 1.807) is 20.8 Å². The van der Waals surface area contributed by atoms with E-state index in [0.717, 1.165) is 11.5 Å². The van der Waals surface area contributed by atoms with Crippen molar-refractivity contribution in [2.45, 2.75) is 20.8 Å². The number of aromatic nitrogens is 2. The molecule has 1 rings (SSSR count). The molecule has 0 saturated carbocycles. The zero-order valence-electron chi connectivity index (χ0n) is 9.22. The summed E-state index contributed by atoms with van der Waals surface area (Å²) < 4.78 is 3.57. The zero-order valence-corrected chi connectivity index (χ0v) is 10.0. The van der Waals surface area contributed by atoms with Crippen LogP contribution in [0.2, 0.25) is 0 Å². The maximum absolute atomic E-state index is 11.8. The third-order valence-electron chi connectivity index (χ3n) is 1.98. The maximum atomic E-state index is 11.8. The molecule has 0 fully saturated rings. The number of rotatable bonds is 3. The van der Waals surface area contributed by atoms with Gasteiger partial charge in [0.25, 0.3) is 0 Å². The Morgan fingerprint density at radius 2 is 2.12 bits per heavy atom. The molecule has 0 radical (unpaired) electrons. The molecule has 0 aliphatic heterocycles. The molecule has 2 N–H and O–H groups in total. The molecule has 16 heavy (non-hydrogen) atoms. The Morgan fingerprint density at radius 1 is 1.50 bits per heavy atom. The van der Waals surface area contributed by atoms with Gasteiger partial charge in [-0.15, -0.1) is 5.10 Å². The van der Waals surface area contributed by atoms with Crippen LogP contribution in [0.5, 0.6) is 0 Å². The van der Waals surface area contributed by atoms with E-state index in [9.17, 15) is 9.59 Å². The van der Waals surface area contributed by atoms with E-state index in [0.29, 0.717) is 5.00 Å². The van der Waals surface area contributed by atoms with Crippen molar-refractivity contribution in [3.63, 3.8) is 0 Å². The van der Waals surface area contributed by atoms with Gasteiger partial charge >= 0.3 is 5.97 Å². The van der Waals surface area contributed by atoms with Gasteiger partial charge in [-0.1, -0.05) is 25.3 Å². The largest absolute Gasteiger partial charge is 0.481 e. The molecule has 0 aromatic carbocycles. The number of hydrogen-bond acceptors (Lipinski definition) is 5. The van der Waals surface area contributed by atoms with E-state index in [-0.39, 0.29) is 0 Å². The van der Waals surface area contributed by atoms with E-state index >= 15 is 0 Å². The first-order chi connectivity index (χ1) is 7.32. The fourth-order valence-electron chi connectivity index (χ4n) is 1.29. The molecular formula is C9H13N3O3S. The van der Waals surface area contributed by atoms with Crippen LogP contribution in [0.25, 0.3) is 0 Å². The summed E-state index contributed by atoms with van der Waals surface area (Å²) in [6.45, 7) is 5.11. The molecule has 1 aromatic rings. The summed E-state index contributed by atoms with van der Waals surface area (Å²) in [6.07, 6.45) is 1.38. The Bertz CT molecular complexity index is 383. The van der Waals surface area contributed by atoms with Crippen LogP contribution >= 0.6 is 11.5 Å². The van der Waals surface area contributed by atoms with Gasteiger partial charge in [0.1, 0.15) is 10.9 Å². The van der Waals surface area contributed by atoms with Crippen LogP contribution in [0.15, 0.2) is 6.20 Å². The zero-order chi connectivity index (χ0) is 12.3.